The van der Waals surface area contributed by atoms with Gasteiger partial charge in [-0.3, -0.25) is 10.0 Å². The third kappa shape index (κ3) is 5.41. The lowest BCUT2D eigenvalue weighted by molar-refractivity contribution is -0.129. The minimum atomic E-state index is -0.335. The Bertz CT molecular complexity index is 440. The zero-order valence-corrected chi connectivity index (χ0v) is 16.0. The van der Waals surface area contributed by atoms with Crippen LogP contribution in [0.15, 0.2) is 0 Å². The average molecular weight is 370 g/mol. The number of hydrogen-bond donors (Lipinski definition) is 2. The van der Waals surface area contributed by atoms with Gasteiger partial charge in [0.25, 0.3) is 0 Å². The predicted molar refractivity (Wildman–Crippen MR) is 96.8 cm³/mol. The number of rotatable bonds is 11. The monoisotopic (exact) mass is 369 g/mol. The van der Waals surface area contributed by atoms with E-state index in [0.717, 1.165) is 38.4 Å². The zero-order valence-electron chi connectivity index (χ0n) is 16.0. The van der Waals surface area contributed by atoms with Crippen LogP contribution in [0, 0.1) is 17.8 Å². The highest BCUT2D eigenvalue weighted by molar-refractivity contribution is 5.74. The number of hydroxylamine groups is 1. The van der Waals surface area contributed by atoms with E-state index in [1.807, 2.05) is 0 Å². The topological polar surface area (TPSA) is 77.0 Å². The number of carbonyl (C=O) groups excluding carboxylic acids is 1. The van der Waals surface area contributed by atoms with Gasteiger partial charge in [0, 0.05) is 24.9 Å². The molecule has 2 bridgehead atoms. The smallest absolute Gasteiger partial charge is 0.243 e. The van der Waals surface area contributed by atoms with Gasteiger partial charge in [0.1, 0.15) is 0 Å². The van der Waals surface area contributed by atoms with Crippen LogP contribution in [0.4, 0.5) is 0 Å². The molecule has 0 aromatic heterocycles. The molecule has 1 aliphatic carbocycles. The van der Waals surface area contributed by atoms with Crippen molar-refractivity contribution in [2.45, 2.75) is 83.0 Å². The second-order valence-corrected chi connectivity index (χ2v) is 8.38. The van der Waals surface area contributed by atoms with Gasteiger partial charge in [-0.2, -0.15) is 0 Å². The normalized spacial score (nSPS) is 32.2. The van der Waals surface area contributed by atoms with Crippen LogP contribution in [0.5, 0.6) is 0 Å². The van der Waals surface area contributed by atoms with Crippen molar-refractivity contribution in [3.63, 3.8) is 0 Å². The summed E-state index contributed by atoms with van der Waals surface area (Å²) < 4.78 is 18.3. The largest absolute Gasteiger partial charge is 0.381 e. The fourth-order valence-corrected chi connectivity index (χ4v) is 4.84. The lowest BCUT2D eigenvalue weighted by atomic mass is 9.80. The van der Waals surface area contributed by atoms with Crippen molar-refractivity contribution in [3.8, 4) is 0 Å². The predicted octanol–water partition coefficient (Wildman–Crippen LogP) is 3.07. The van der Waals surface area contributed by atoms with E-state index in [-0.39, 0.29) is 12.0 Å². The molecule has 2 heterocycles. The number of ether oxygens (including phenoxy) is 3. The summed E-state index contributed by atoms with van der Waals surface area (Å²) in [6.07, 6.45) is 10.3. The summed E-state index contributed by atoms with van der Waals surface area (Å²) in [5.74, 6) is 1.32. The number of fused-ring (bicyclic) bond motifs is 2. The molecule has 1 saturated carbocycles. The summed E-state index contributed by atoms with van der Waals surface area (Å²) in [6.45, 7) is 4.48. The molecule has 26 heavy (non-hydrogen) atoms. The summed E-state index contributed by atoms with van der Waals surface area (Å²) >= 11 is 0. The van der Waals surface area contributed by atoms with E-state index < -0.39 is 0 Å². The molecular formula is C20H35NO5. The van der Waals surface area contributed by atoms with Crippen LogP contribution in [0.3, 0.4) is 0 Å². The third-order valence-corrected chi connectivity index (χ3v) is 6.44. The zero-order chi connectivity index (χ0) is 18.4. The number of carbonyl (C=O) groups is 1. The first-order valence-corrected chi connectivity index (χ1v) is 10.4. The summed E-state index contributed by atoms with van der Waals surface area (Å²) in [7, 11) is 0. The Morgan fingerprint density at radius 1 is 1.12 bits per heavy atom. The van der Waals surface area contributed by atoms with Gasteiger partial charge in [0.2, 0.25) is 5.91 Å². The maximum absolute atomic E-state index is 11.1. The molecule has 6 nitrogen and oxygen atoms in total. The van der Waals surface area contributed by atoms with Crippen LogP contribution in [0.2, 0.25) is 0 Å². The first-order chi connectivity index (χ1) is 12.7. The Morgan fingerprint density at radius 2 is 1.81 bits per heavy atom. The highest BCUT2D eigenvalue weighted by Crippen LogP contribution is 2.44. The van der Waals surface area contributed by atoms with E-state index in [2.05, 4.69) is 6.92 Å². The molecule has 6 heteroatoms. The first-order valence-electron chi connectivity index (χ1n) is 10.4. The molecular weight excluding hydrogens is 334 g/mol. The van der Waals surface area contributed by atoms with E-state index >= 15 is 0 Å². The molecule has 0 aromatic rings. The fourth-order valence-electron chi connectivity index (χ4n) is 4.84. The van der Waals surface area contributed by atoms with Gasteiger partial charge in [-0.1, -0.05) is 12.8 Å². The van der Waals surface area contributed by atoms with Crippen molar-refractivity contribution in [2.24, 2.45) is 17.8 Å². The van der Waals surface area contributed by atoms with E-state index in [1.54, 1.807) is 5.48 Å². The quantitative estimate of drug-likeness (QED) is 0.432. The third-order valence-electron chi connectivity index (χ3n) is 6.44. The number of hydrogen-bond acceptors (Lipinski definition) is 5. The van der Waals surface area contributed by atoms with Crippen molar-refractivity contribution in [3.05, 3.63) is 0 Å². The van der Waals surface area contributed by atoms with E-state index in [9.17, 15) is 4.79 Å². The van der Waals surface area contributed by atoms with Crippen LogP contribution >= 0.6 is 0 Å². The van der Waals surface area contributed by atoms with Crippen molar-refractivity contribution in [2.75, 3.05) is 19.8 Å². The Labute approximate surface area is 156 Å². The lowest BCUT2D eigenvalue weighted by Crippen LogP contribution is -2.35. The highest BCUT2D eigenvalue weighted by Gasteiger charge is 2.49. The minimum Gasteiger partial charge on any atom is -0.381 e. The Hall–Kier alpha value is -0.690. The molecule has 0 aromatic carbocycles. The first kappa shape index (κ1) is 20.1. The molecule has 3 aliphatic rings. The summed E-state index contributed by atoms with van der Waals surface area (Å²) in [5.41, 5.74) is 1.67. The van der Waals surface area contributed by atoms with Gasteiger partial charge >= 0.3 is 0 Å². The SMILES string of the molecule is CC(CCCC(=O)NO)OCC1C2CCC(O2)C1COCC1CCCC1. The second-order valence-electron chi connectivity index (χ2n) is 8.38. The van der Waals surface area contributed by atoms with Crippen LogP contribution in [-0.4, -0.2) is 49.2 Å². The van der Waals surface area contributed by atoms with E-state index in [4.69, 9.17) is 19.4 Å². The number of nitrogens with one attached hydrogen (secondary N) is 1. The molecule has 5 unspecified atom stereocenters. The second kappa shape index (κ2) is 10.0. The van der Waals surface area contributed by atoms with Gasteiger partial charge in [-0.05, 0) is 51.4 Å². The average Bonchev–Trinajstić information content (AvgIpc) is 3.37. The fraction of sp³-hybridized carbons (Fsp3) is 0.950. The Morgan fingerprint density at radius 3 is 2.50 bits per heavy atom. The molecule has 2 saturated heterocycles. The molecule has 2 aliphatic heterocycles. The van der Waals surface area contributed by atoms with Crippen LogP contribution < -0.4 is 5.48 Å². The molecule has 0 radical (unpaired) electrons. The van der Waals surface area contributed by atoms with Crippen molar-refractivity contribution in [1.82, 2.24) is 5.48 Å². The van der Waals surface area contributed by atoms with Gasteiger partial charge in [-0.25, -0.2) is 5.48 Å². The van der Waals surface area contributed by atoms with E-state index in [0.29, 0.717) is 43.5 Å². The highest BCUT2D eigenvalue weighted by atomic mass is 16.5. The summed E-state index contributed by atoms with van der Waals surface area (Å²) in [6, 6.07) is 0. The summed E-state index contributed by atoms with van der Waals surface area (Å²) in [5, 5.41) is 8.52. The molecule has 0 spiro atoms. The van der Waals surface area contributed by atoms with E-state index in [1.165, 1.54) is 25.7 Å². The van der Waals surface area contributed by atoms with Gasteiger partial charge in [0.05, 0.1) is 31.5 Å². The Balaban J connectivity index is 1.36. The molecule has 5 atom stereocenters. The standard InChI is InChI=1S/C20H35NO5/c1-14(5-4-8-20(22)21-23)25-13-17-16(18-9-10-19(17)26-18)12-24-11-15-6-2-3-7-15/h14-19,23H,2-13H2,1H3,(H,21,22). The van der Waals surface area contributed by atoms with Crippen molar-refractivity contribution >= 4 is 5.91 Å². The van der Waals surface area contributed by atoms with Crippen molar-refractivity contribution < 1.29 is 24.2 Å². The minimum absolute atomic E-state index is 0.112. The number of amides is 1. The molecule has 1 amide bonds. The molecule has 3 rings (SSSR count). The molecule has 3 fully saturated rings. The molecule has 2 N–H and O–H groups in total. The van der Waals surface area contributed by atoms with Crippen LogP contribution in [0.25, 0.3) is 0 Å². The van der Waals surface area contributed by atoms with Gasteiger partial charge in [-0.15, -0.1) is 0 Å². The van der Waals surface area contributed by atoms with Crippen LogP contribution in [0.1, 0.15) is 64.7 Å². The summed E-state index contributed by atoms with van der Waals surface area (Å²) in [4.78, 5) is 11.1. The van der Waals surface area contributed by atoms with Crippen LogP contribution in [-0.2, 0) is 19.0 Å². The lowest BCUT2D eigenvalue weighted by Gasteiger charge is -2.29. The van der Waals surface area contributed by atoms with Crippen molar-refractivity contribution in [1.29, 1.82) is 0 Å². The maximum atomic E-state index is 11.1. The maximum Gasteiger partial charge on any atom is 0.243 e. The van der Waals surface area contributed by atoms with Gasteiger partial charge in [0.15, 0.2) is 0 Å². The Kier molecular flexibility index (Phi) is 7.73. The molecule has 150 valence electrons. The van der Waals surface area contributed by atoms with Gasteiger partial charge < -0.3 is 14.2 Å².